The molecular formula is C100H152N6O15S6. The van der Waals surface area contributed by atoms with Crippen molar-refractivity contribution in [3.63, 3.8) is 0 Å². The van der Waals surface area contributed by atoms with Crippen LogP contribution in [0, 0.1) is 23.7 Å². The molecule has 6 aliphatic heterocycles. The number of benzene rings is 5. The van der Waals surface area contributed by atoms with Crippen LogP contribution in [0.5, 0.6) is 0 Å². The highest BCUT2D eigenvalue weighted by molar-refractivity contribution is 7.90. The number of nitrogens with zero attached hydrogens (tertiary/aromatic N) is 6. The highest BCUT2D eigenvalue weighted by Gasteiger charge is 2.44. The predicted molar refractivity (Wildman–Crippen MR) is 511 cm³/mol. The Morgan fingerprint density at radius 1 is 0.378 bits per heavy atom. The van der Waals surface area contributed by atoms with Crippen LogP contribution in [0.1, 0.15) is 278 Å². The standard InChI is InChI=1S/C21H29NO3S2.C21H33NO3S.C20H32N2O2S.C20H29NO3S.C18H29NO4S/c1-20(2,3)17-8-10-18(11-9-17)27(23,24)22-14-6-12-21(25-4,13-15-22)19-7-5-16-26-19;1-20(2,3)17-7-9-19(10-8-17)26(24,25)22-13-11-18(15-16-5-6-16)21(4,23)12-14-22;1-20(2,3)17-8-10-19(11-9-17)25(23,24)22-15-6-7-18(12-16-22)21-13-4-5-14-21;1-20(2,3)17-6-8-18(9-7-17)25(23,24)21-12-10-16(14-15-4-5-15)19(22)11-13-21;1-17(2,22-4)15-7-9-16(10-8-15)24(20,21)19-13-6-11-18(3,23-5)12-14-19/h5,7-11,16H,6,12-15H2,1-4H3;7-10,16,18,23H,5-6,11-15H2,1-4H3;8-11,18H,4-7,12-16H2,1-3H3;6-9,15-16H,4-5,10-14H2,1-3H3;7-10H,6,11-14H2,1-5H3. The molecule has 0 spiro atoms. The fourth-order valence-corrected chi connectivity index (χ4v) is 26.5. The van der Waals surface area contributed by atoms with Gasteiger partial charge >= 0.3 is 0 Å². The van der Waals surface area contributed by atoms with Crippen LogP contribution in [0.3, 0.4) is 0 Å². The van der Waals surface area contributed by atoms with Crippen molar-refractivity contribution < 1.29 is 66.2 Å². The summed E-state index contributed by atoms with van der Waals surface area (Å²) in [5.41, 5.74) is 3.68. The summed E-state index contributed by atoms with van der Waals surface area (Å²) in [5, 5.41) is 12.9. The van der Waals surface area contributed by atoms with Crippen LogP contribution in [0.15, 0.2) is 163 Å². The van der Waals surface area contributed by atoms with E-state index in [1.165, 1.54) is 60.8 Å². The molecule has 0 bridgehead atoms. The topological polar surface area (TPSA) is 255 Å². The van der Waals surface area contributed by atoms with E-state index in [9.17, 15) is 52.0 Å². The highest BCUT2D eigenvalue weighted by atomic mass is 32.2. The zero-order chi connectivity index (χ0) is 93.2. The van der Waals surface area contributed by atoms with Crippen LogP contribution in [0.2, 0.25) is 0 Å². The van der Waals surface area contributed by atoms with Gasteiger partial charge < -0.3 is 24.2 Å². The number of rotatable bonds is 20. The molecule has 8 fully saturated rings. The molecule has 6 unspecified atom stereocenters. The first-order chi connectivity index (χ1) is 59.3. The van der Waals surface area contributed by atoms with Crippen molar-refractivity contribution in [2.24, 2.45) is 23.7 Å². The number of carbonyl (C=O) groups excluding carboxylic acids is 1. The summed E-state index contributed by atoms with van der Waals surface area (Å²) in [4.78, 5) is 17.9. The lowest BCUT2D eigenvalue weighted by molar-refractivity contribution is -0.122. The van der Waals surface area contributed by atoms with E-state index in [2.05, 4.69) is 94.1 Å². The Morgan fingerprint density at radius 2 is 0.748 bits per heavy atom. The fourth-order valence-electron chi connectivity index (χ4n) is 18.2. The van der Waals surface area contributed by atoms with Gasteiger partial charge in [0.15, 0.2) is 0 Å². The molecule has 14 rings (SSSR count). The molecule has 7 heterocycles. The Bertz CT molecular complexity index is 5130. The third kappa shape index (κ3) is 27.3. The van der Waals surface area contributed by atoms with E-state index < -0.39 is 61.3 Å². The second-order valence-electron chi connectivity index (χ2n) is 41.9. The van der Waals surface area contributed by atoms with Crippen LogP contribution in [-0.2, 0) is 102 Å². The predicted octanol–water partition coefficient (Wildman–Crippen LogP) is 19.2. The van der Waals surface area contributed by atoms with Gasteiger partial charge in [0.1, 0.15) is 11.4 Å². The molecule has 0 amide bonds. The van der Waals surface area contributed by atoms with Crippen molar-refractivity contribution in [2.75, 3.05) is 99.9 Å². The summed E-state index contributed by atoms with van der Waals surface area (Å²) >= 11 is 1.68. The zero-order valence-electron chi connectivity index (χ0n) is 79.8. The lowest BCUT2D eigenvalue weighted by Gasteiger charge is -2.30. The van der Waals surface area contributed by atoms with Crippen molar-refractivity contribution in [2.45, 2.75) is 320 Å². The zero-order valence-corrected chi connectivity index (χ0v) is 84.7. The number of aliphatic hydroxyl groups is 1. The first-order valence-electron chi connectivity index (χ1n) is 46.5. The van der Waals surface area contributed by atoms with E-state index in [1.807, 2.05) is 99.8 Å². The maximum absolute atomic E-state index is 13.2. The molecule has 6 saturated heterocycles. The van der Waals surface area contributed by atoms with Crippen molar-refractivity contribution in [3.8, 4) is 0 Å². The molecule has 1 aromatic heterocycles. The lowest BCUT2D eigenvalue weighted by Crippen LogP contribution is -2.35. The first kappa shape index (κ1) is 104. The molecule has 27 heteroatoms. The molecule has 1 N–H and O–H groups in total. The number of ether oxygens (including phenoxy) is 3. The van der Waals surface area contributed by atoms with Crippen LogP contribution in [0.25, 0.3) is 0 Å². The van der Waals surface area contributed by atoms with Gasteiger partial charge in [-0.1, -0.05) is 175 Å². The molecule has 2 aliphatic carbocycles. The molecule has 5 aromatic carbocycles. The summed E-state index contributed by atoms with van der Waals surface area (Å²) in [6, 6.07) is 40.9. The Hall–Kier alpha value is -5.18. The van der Waals surface area contributed by atoms with Gasteiger partial charge in [-0.15, -0.1) is 11.3 Å². The molecule has 0 radical (unpaired) electrons. The minimum Gasteiger partial charge on any atom is -0.390 e. The summed E-state index contributed by atoms with van der Waals surface area (Å²) in [6.07, 6.45) is 19.5. The van der Waals surface area contributed by atoms with Crippen LogP contribution < -0.4 is 0 Å². The molecule has 8 aliphatic rings. The van der Waals surface area contributed by atoms with Gasteiger partial charge in [-0.2, -0.15) is 21.5 Å². The van der Waals surface area contributed by atoms with E-state index in [4.69, 9.17) is 14.2 Å². The minimum atomic E-state index is -3.53. The molecular weight excluding hydrogens is 1720 g/mol. The second-order valence-corrected chi connectivity index (χ2v) is 52.5. The number of methoxy groups -OCH3 is 3. The minimum absolute atomic E-state index is 0.000367. The highest BCUT2D eigenvalue weighted by Crippen LogP contribution is 2.45. The van der Waals surface area contributed by atoms with Crippen molar-refractivity contribution in [1.82, 2.24) is 26.4 Å². The van der Waals surface area contributed by atoms with Gasteiger partial charge in [0.2, 0.25) is 50.1 Å². The summed E-state index contributed by atoms with van der Waals surface area (Å²) < 4.78 is 155. The quantitative estimate of drug-likeness (QED) is 0.0745. The Balaban J connectivity index is 0.000000166. The number of hydrogen-bond acceptors (Lipinski definition) is 17. The second kappa shape index (κ2) is 42.6. The molecule has 21 nitrogen and oxygen atoms in total. The molecule has 708 valence electrons. The van der Waals surface area contributed by atoms with Gasteiger partial charge in [-0.25, -0.2) is 42.1 Å². The normalized spacial score (nSPS) is 24.6. The number of ketones is 1. The summed E-state index contributed by atoms with van der Waals surface area (Å²) in [7, 11) is -12.3. The Morgan fingerprint density at radius 3 is 1.15 bits per heavy atom. The maximum Gasteiger partial charge on any atom is 0.243 e. The number of hydrogen-bond donors (Lipinski definition) is 1. The van der Waals surface area contributed by atoms with Crippen LogP contribution in [-0.4, -0.2) is 197 Å². The van der Waals surface area contributed by atoms with E-state index in [0.717, 1.165) is 97.9 Å². The Kier molecular flexibility index (Phi) is 34.8. The monoisotopic (exact) mass is 1870 g/mol. The molecule has 127 heavy (non-hydrogen) atoms. The summed E-state index contributed by atoms with van der Waals surface area (Å²) in [6.45, 7) is 40.6. The van der Waals surface area contributed by atoms with Gasteiger partial charge in [0.05, 0.1) is 41.3 Å². The SMILES string of the molecule is CC(C)(C)c1ccc(S(=O)(=O)N2CCC(=O)C(CC3CC3)CC2)cc1.CC(C)(C)c1ccc(S(=O)(=O)N2CCC(CC3CC3)C(C)(O)CC2)cc1.CC(C)(C)c1ccc(S(=O)(=O)N2CCCC(N3CCCC3)CC2)cc1.COC1(C)CCCN(S(=O)(=O)c2ccc(C(C)(C)OC)cc2)CC1.COC1(c2cccs2)CCCN(S(=O)(=O)c2ccc(C(C)(C)C)cc2)CC1. The van der Waals surface area contributed by atoms with E-state index in [1.54, 1.807) is 111 Å². The third-order valence-corrected chi connectivity index (χ3v) is 38.6. The van der Waals surface area contributed by atoms with Crippen molar-refractivity contribution in [1.29, 1.82) is 0 Å². The lowest BCUT2D eigenvalue weighted by atomic mass is 9.81. The van der Waals surface area contributed by atoms with Crippen LogP contribution >= 0.6 is 11.3 Å². The molecule has 6 atom stereocenters. The van der Waals surface area contributed by atoms with Gasteiger partial charge in [0, 0.05) is 110 Å². The smallest absolute Gasteiger partial charge is 0.243 e. The maximum atomic E-state index is 13.2. The Labute approximate surface area is 769 Å². The first-order valence-corrected chi connectivity index (χ1v) is 54.6. The average Bonchev–Trinajstić information content (AvgIpc) is 1.75. The van der Waals surface area contributed by atoms with Crippen LogP contribution in [0.4, 0.5) is 0 Å². The van der Waals surface area contributed by atoms with Crippen molar-refractivity contribution in [3.05, 3.63) is 172 Å². The molecule has 2 saturated carbocycles. The number of Topliss-reactive ketones (excluding diaryl/α,β-unsaturated/α-hetero) is 1. The average molecular weight is 1870 g/mol. The molecule has 6 aromatic rings. The van der Waals surface area contributed by atoms with Crippen molar-refractivity contribution >= 4 is 67.2 Å². The van der Waals surface area contributed by atoms with Gasteiger partial charge in [-0.05, 0) is 283 Å². The number of sulfonamides is 5. The fraction of sp³-hybridized carbons (Fsp3) is 0.650. The van der Waals surface area contributed by atoms with E-state index in [0.29, 0.717) is 134 Å². The van der Waals surface area contributed by atoms with Gasteiger partial charge in [0.25, 0.3) is 0 Å². The van der Waals surface area contributed by atoms with E-state index >= 15 is 0 Å². The number of likely N-dealkylation sites (tertiary alicyclic amines) is 1. The van der Waals surface area contributed by atoms with E-state index in [-0.39, 0.29) is 50.5 Å². The number of thiophene rings is 1. The van der Waals surface area contributed by atoms with Gasteiger partial charge in [-0.3, -0.25) is 4.79 Å². The summed E-state index contributed by atoms with van der Waals surface area (Å²) in [5.74, 6) is 1.92. The third-order valence-electron chi connectivity index (χ3n) is 27.9. The largest absolute Gasteiger partial charge is 0.390 e. The number of carbonyl (C=O) groups is 1.